The van der Waals surface area contributed by atoms with Gasteiger partial charge in [-0.3, -0.25) is 9.59 Å². The summed E-state index contributed by atoms with van der Waals surface area (Å²) < 4.78 is 32.9. The van der Waals surface area contributed by atoms with E-state index < -0.39 is 22.0 Å². The minimum Gasteiger partial charge on any atom is -0.496 e. The monoisotopic (exact) mass is 410 g/mol. The molecule has 0 aromatic heterocycles. The fraction of sp³-hybridized carbons (Fsp3) is 0.579. The highest BCUT2D eigenvalue weighted by Crippen LogP contribution is 2.40. The number of piperazine rings is 1. The Bertz CT molecular complexity index is 863. The third-order valence-corrected chi connectivity index (χ3v) is 7.57. The van der Waals surface area contributed by atoms with Crippen LogP contribution in [-0.4, -0.2) is 67.4 Å². The number of amides is 1. The number of aliphatic carboxylic acids is 1. The number of hydrogen-bond acceptors (Lipinski definition) is 5. The molecule has 1 N–H and O–H groups in total. The Hall–Kier alpha value is -2.13. The summed E-state index contributed by atoms with van der Waals surface area (Å²) in [5.41, 5.74) is 0.857. The second kappa shape index (κ2) is 8.08. The number of carbonyl (C=O) groups is 2. The van der Waals surface area contributed by atoms with Crippen molar-refractivity contribution in [3.05, 3.63) is 23.8 Å². The van der Waals surface area contributed by atoms with Crippen molar-refractivity contribution >= 4 is 21.9 Å². The lowest BCUT2D eigenvalue weighted by Gasteiger charge is -2.38. The van der Waals surface area contributed by atoms with Crippen LogP contribution in [0.25, 0.3) is 0 Å². The zero-order chi connectivity index (χ0) is 20.5. The molecule has 0 radical (unpaired) electrons. The summed E-state index contributed by atoms with van der Waals surface area (Å²) in [5.74, 6) is -0.632. The first-order chi connectivity index (χ1) is 13.3. The summed E-state index contributed by atoms with van der Waals surface area (Å²) in [6, 6.07) is 3.42. The Morgan fingerprint density at radius 3 is 2.43 bits per heavy atom. The topological polar surface area (TPSA) is 104 Å². The third kappa shape index (κ3) is 3.86. The first-order valence-corrected chi connectivity index (χ1v) is 10.9. The molecule has 1 saturated heterocycles. The summed E-state index contributed by atoms with van der Waals surface area (Å²) in [6.07, 6.45) is 4.15. The lowest BCUT2D eigenvalue weighted by Crippen LogP contribution is -2.58. The van der Waals surface area contributed by atoms with E-state index in [4.69, 9.17) is 4.74 Å². The number of sulfonamides is 1. The van der Waals surface area contributed by atoms with Gasteiger partial charge in [0.15, 0.2) is 0 Å². The highest BCUT2D eigenvalue weighted by Gasteiger charge is 2.41. The predicted octanol–water partition coefficient (Wildman–Crippen LogP) is 1.66. The maximum Gasteiger partial charge on any atom is 0.323 e. The van der Waals surface area contributed by atoms with E-state index in [0.717, 1.165) is 35.6 Å². The number of nitrogens with zero attached hydrogens (tertiary/aromatic N) is 2. The molecule has 2 aliphatic rings. The van der Waals surface area contributed by atoms with Gasteiger partial charge in [0, 0.05) is 26.6 Å². The standard InChI is InChI=1S/C19H26N2O6S/c1-13(22)20-9-10-21(17(12-20)19(23)24)28(25,26)15-7-8-18(27-2)16(11-15)14-5-3-4-6-14/h7-8,11,14,17H,3-6,9-10,12H2,1-2H3,(H,23,24)/t17-/m1/s1. The zero-order valence-corrected chi connectivity index (χ0v) is 16.9. The minimum absolute atomic E-state index is 0.0519. The number of benzene rings is 1. The molecule has 1 aromatic carbocycles. The van der Waals surface area contributed by atoms with Gasteiger partial charge in [-0.05, 0) is 42.5 Å². The van der Waals surface area contributed by atoms with E-state index in [1.165, 1.54) is 17.9 Å². The Morgan fingerprint density at radius 2 is 1.86 bits per heavy atom. The van der Waals surface area contributed by atoms with Gasteiger partial charge in [0.1, 0.15) is 11.8 Å². The quantitative estimate of drug-likeness (QED) is 0.792. The number of rotatable bonds is 5. The molecule has 1 heterocycles. The average molecular weight is 410 g/mol. The second-order valence-electron chi connectivity index (χ2n) is 7.32. The summed E-state index contributed by atoms with van der Waals surface area (Å²) >= 11 is 0. The highest BCUT2D eigenvalue weighted by molar-refractivity contribution is 7.89. The molecular weight excluding hydrogens is 384 g/mol. The number of ether oxygens (including phenoxy) is 1. The van der Waals surface area contributed by atoms with Crippen molar-refractivity contribution in [3.8, 4) is 5.75 Å². The Morgan fingerprint density at radius 1 is 1.18 bits per heavy atom. The van der Waals surface area contributed by atoms with E-state index >= 15 is 0 Å². The molecule has 1 amide bonds. The van der Waals surface area contributed by atoms with Gasteiger partial charge in [0.2, 0.25) is 15.9 Å². The van der Waals surface area contributed by atoms with Crippen LogP contribution in [0.5, 0.6) is 5.75 Å². The average Bonchev–Trinajstić information content (AvgIpc) is 3.21. The smallest absolute Gasteiger partial charge is 0.323 e. The van der Waals surface area contributed by atoms with E-state index in [0.29, 0.717) is 5.75 Å². The van der Waals surface area contributed by atoms with Crippen molar-refractivity contribution in [2.75, 3.05) is 26.7 Å². The van der Waals surface area contributed by atoms with Gasteiger partial charge in [0.05, 0.1) is 12.0 Å². The van der Waals surface area contributed by atoms with Gasteiger partial charge >= 0.3 is 5.97 Å². The van der Waals surface area contributed by atoms with Gasteiger partial charge in [0.25, 0.3) is 0 Å². The zero-order valence-electron chi connectivity index (χ0n) is 16.1. The van der Waals surface area contributed by atoms with Crippen molar-refractivity contribution in [1.29, 1.82) is 0 Å². The number of carboxylic acid groups (broad SMARTS) is 1. The summed E-state index contributed by atoms with van der Waals surface area (Å²) in [7, 11) is -2.46. The van der Waals surface area contributed by atoms with Gasteiger partial charge < -0.3 is 14.7 Å². The van der Waals surface area contributed by atoms with Crippen LogP contribution in [-0.2, 0) is 19.6 Å². The summed E-state index contributed by atoms with van der Waals surface area (Å²) in [4.78, 5) is 24.8. The molecule has 0 unspecified atom stereocenters. The van der Waals surface area contributed by atoms with Crippen LogP contribution < -0.4 is 4.74 Å². The van der Waals surface area contributed by atoms with Crippen molar-refractivity contribution in [3.63, 3.8) is 0 Å². The molecule has 9 heteroatoms. The van der Waals surface area contributed by atoms with E-state index in [1.54, 1.807) is 19.2 Å². The van der Waals surface area contributed by atoms with Gasteiger partial charge in [-0.2, -0.15) is 4.31 Å². The Labute approximate surface area is 165 Å². The summed E-state index contributed by atoms with van der Waals surface area (Å²) in [5, 5.41) is 9.56. The molecule has 1 saturated carbocycles. The molecule has 3 rings (SSSR count). The van der Waals surface area contributed by atoms with E-state index in [9.17, 15) is 23.1 Å². The van der Waals surface area contributed by atoms with E-state index in [1.807, 2.05) is 0 Å². The van der Waals surface area contributed by atoms with Crippen LogP contribution in [0.1, 0.15) is 44.1 Å². The molecule has 2 fully saturated rings. The molecule has 1 aliphatic carbocycles. The fourth-order valence-corrected chi connectivity index (χ4v) is 5.71. The molecule has 28 heavy (non-hydrogen) atoms. The third-order valence-electron chi connectivity index (χ3n) is 5.66. The normalized spacial score (nSPS) is 21.6. The minimum atomic E-state index is -4.02. The lowest BCUT2D eigenvalue weighted by molar-refractivity contribution is -0.145. The number of carbonyl (C=O) groups excluding carboxylic acids is 1. The lowest BCUT2D eigenvalue weighted by atomic mass is 9.97. The van der Waals surface area contributed by atoms with E-state index in [2.05, 4.69) is 0 Å². The van der Waals surface area contributed by atoms with Crippen molar-refractivity contribution in [2.24, 2.45) is 0 Å². The first kappa shape index (κ1) is 20.6. The number of hydrogen-bond donors (Lipinski definition) is 1. The maximum atomic E-state index is 13.3. The molecule has 1 aliphatic heterocycles. The highest BCUT2D eigenvalue weighted by atomic mass is 32.2. The molecular formula is C19H26N2O6S. The van der Waals surface area contributed by atoms with Crippen LogP contribution in [0.15, 0.2) is 23.1 Å². The van der Waals surface area contributed by atoms with Crippen LogP contribution in [0.4, 0.5) is 0 Å². The van der Waals surface area contributed by atoms with Crippen molar-refractivity contribution < 1.29 is 27.9 Å². The van der Waals surface area contributed by atoms with Crippen molar-refractivity contribution in [1.82, 2.24) is 9.21 Å². The van der Waals surface area contributed by atoms with Crippen molar-refractivity contribution in [2.45, 2.75) is 49.5 Å². The molecule has 0 spiro atoms. The van der Waals surface area contributed by atoms with Gasteiger partial charge in [-0.25, -0.2) is 8.42 Å². The Kier molecular flexibility index (Phi) is 5.95. The SMILES string of the molecule is COc1ccc(S(=O)(=O)N2CCN(C(C)=O)C[C@@H]2C(=O)O)cc1C1CCCC1. The first-order valence-electron chi connectivity index (χ1n) is 9.43. The van der Waals surface area contributed by atoms with Crippen LogP contribution in [0.3, 0.4) is 0 Å². The molecule has 1 atom stereocenters. The summed E-state index contributed by atoms with van der Waals surface area (Å²) in [6.45, 7) is 1.31. The van der Waals surface area contributed by atoms with Gasteiger partial charge in [-0.15, -0.1) is 0 Å². The predicted molar refractivity (Wildman–Crippen MR) is 102 cm³/mol. The van der Waals surface area contributed by atoms with Gasteiger partial charge in [-0.1, -0.05) is 12.8 Å². The molecule has 8 nitrogen and oxygen atoms in total. The second-order valence-corrected chi connectivity index (χ2v) is 9.21. The number of carboxylic acids is 1. The molecule has 154 valence electrons. The number of methoxy groups -OCH3 is 1. The molecule has 1 aromatic rings. The van der Waals surface area contributed by atoms with E-state index in [-0.39, 0.29) is 36.4 Å². The maximum absolute atomic E-state index is 13.3. The van der Waals surface area contributed by atoms with Crippen LogP contribution in [0.2, 0.25) is 0 Å². The fourth-order valence-electron chi connectivity index (χ4n) is 4.11. The largest absolute Gasteiger partial charge is 0.496 e. The van der Waals surface area contributed by atoms with Crippen LogP contribution >= 0.6 is 0 Å². The molecule has 0 bridgehead atoms. The Balaban J connectivity index is 1.96. The van der Waals surface area contributed by atoms with Crippen LogP contribution in [0, 0.1) is 0 Å².